The molecular weight excluding hydrogens is 232 g/mol. The highest BCUT2D eigenvalue weighted by molar-refractivity contribution is 5.75. The van der Waals surface area contributed by atoms with Crippen molar-refractivity contribution in [1.29, 1.82) is 0 Å². The quantitative estimate of drug-likeness (QED) is 0.817. The number of carboxylic acids is 1. The van der Waals surface area contributed by atoms with Crippen molar-refractivity contribution in [2.45, 2.75) is 38.5 Å². The SMILES string of the molecule is O=C(O)CC1CCN(C(=O)N2CCCCCC2)C1. The molecular formula is C13H22N2O3. The molecule has 0 aromatic heterocycles. The number of carbonyl (C=O) groups excluding carboxylic acids is 1. The van der Waals surface area contributed by atoms with Gasteiger partial charge in [0.25, 0.3) is 0 Å². The Morgan fingerprint density at radius 2 is 1.67 bits per heavy atom. The van der Waals surface area contributed by atoms with Crippen LogP contribution >= 0.6 is 0 Å². The monoisotopic (exact) mass is 254 g/mol. The van der Waals surface area contributed by atoms with Gasteiger partial charge in [-0.2, -0.15) is 0 Å². The van der Waals surface area contributed by atoms with Crippen LogP contribution in [0.25, 0.3) is 0 Å². The third-order valence-electron chi connectivity index (χ3n) is 3.90. The molecule has 2 heterocycles. The van der Waals surface area contributed by atoms with E-state index in [1.807, 2.05) is 9.80 Å². The highest BCUT2D eigenvalue weighted by atomic mass is 16.4. The van der Waals surface area contributed by atoms with Crippen molar-refractivity contribution in [3.63, 3.8) is 0 Å². The first-order valence-corrected chi connectivity index (χ1v) is 6.92. The third kappa shape index (κ3) is 3.37. The molecule has 2 amide bonds. The van der Waals surface area contributed by atoms with Gasteiger partial charge >= 0.3 is 12.0 Å². The van der Waals surface area contributed by atoms with Crippen LogP contribution in [0.15, 0.2) is 0 Å². The van der Waals surface area contributed by atoms with E-state index in [0.29, 0.717) is 13.1 Å². The molecule has 0 saturated carbocycles. The Hall–Kier alpha value is -1.26. The van der Waals surface area contributed by atoms with Crippen molar-refractivity contribution >= 4 is 12.0 Å². The van der Waals surface area contributed by atoms with E-state index in [1.165, 1.54) is 12.8 Å². The van der Waals surface area contributed by atoms with Gasteiger partial charge in [0.2, 0.25) is 0 Å². The minimum absolute atomic E-state index is 0.116. The molecule has 2 aliphatic heterocycles. The molecule has 102 valence electrons. The Labute approximate surface area is 108 Å². The molecule has 1 atom stereocenters. The van der Waals surface area contributed by atoms with Crippen LogP contribution in [0.2, 0.25) is 0 Å². The number of hydrogen-bond donors (Lipinski definition) is 1. The maximum absolute atomic E-state index is 12.3. The summed E-state index contributed by atoms with van der Waals surface area (Å²) in [6.45, 7) is 3.05. The van der Waals surface area contributed by atoms with Crippen LogP contribution in [-0.4, -0.2) is 53.1 Å². The Balaban J connectivity index is 1.84. The van der Waals surface area contributed by atoms with Gasteiger partial charge in [-0.1, -0.05) is 12.8 Å². The van der Waals surface area contributed by atoms with Crippen molar-refractivity contribution in [2.75, 3.05) is 26.2 Å². The summed E-state index contributed by atoms with van der Waals surface area (Å²) in [5.74, 6) is -0.623. The third-order valence-corrected chi connectivity index (χ3v) is 3.90. The molecule has 5 heteroatoms. The number of carboxylic acid groups (broad SMARTS) is 1. The van der Waals surface area contributed by atoms with E-state index < -0.39 is 5.97 Å². The average Bonchev–Trinajstić information content (AvgIpc) is 2.63. The molecule has 2 saturated heterocycles. The summed E-state index contributed by atoms with van der Waals surface area (Å²) in [7, 11) is 0. The topological polar surface area (TPSA) is 60.9 Å². The van der Waals surface area contributed by atoms with Crippen molar-refractivity contribution in [3.8, 4) is 0 Å². The van der Waals surface area contributed by atoms with Crippen molar-refractivity contribution in [3.05, 3.63) is 0 Å². The summed E-state index contributed by atoms with van der Waals surface area (Å²) in [5, 5.41) is 8.77. The van der Waals surface area contributed by atoms with E-state index in [4.69, 9.17) is 5.11 Å². The van der Waals surface area contributed by atoms with Crippen LogP contribution in [0.3, 0.4) is 0 Å². The van der Waals surface area contributed by atoms with Gasteiger partial charge in [-0.3, -0.25) is 4.79 Å². The lowest BCUT2D eigenvalue weighted by atomic mass is 10.1. The van der Waals surface area contributed by atoms with E-state index in [2.05, 4.69) is 0 Å². The molecule has 0 aromatic rings. The Bertz CT molecular complexity index is 311. The second kappa shape index (κ2) is 6.07. The zero-order chi connectivity index (χ0) is 13.0. The molecule has 2 fully saturated rings. The number of nitrogens with zero attached hydrogens (tertiary/aromatic N) is 2. The van der Waals surface area contributed by atoms with Gasteiger partial charge in [-0.25, -0.2) is 4.79 Å². The maximum Gasteiger partial charge on any atom is 0.320 e. The van der Waals surface area contributed by atoms with E-state index in [-0.39, 0.29) is 18.4 Å². The van der Waals surface area contributed by atoms with Crippen LogP contribution in [0.4, 0.5) is 4.79 Å². The van der Waals surface area contributed by atoms with Crippen LogP contribution in [0.5, 0.6) is 0 Å². The second-order valence-corrected chi connectivity index (χ2v) is 5.38. The lowest BCUT2D eigenvalue weighted by Crippen LogP contribution is -2.42. The van der Waals surface area contributed by atoms with Gasteiger partial charge in [0.15, 0.2) is 0 Å². The summed E-state index contributed by atoms with van der Waals surface area (Å²) < 4.78 is 0. The molecule has 0 spiro atoms. The Kier molecular flexibility index (Phi) is 4.44. The van der Waals surface area contributed by atoms with E-state index in [9.17, 15) is 9.59 Å². The Morgan fingerprint density at radius 3 is 2.28 bits per heavy atom. The van der Waals surface area contributed by atoms with Crippen LogP contribution in [0.1, 0.15) is 38.5 Å². The number of amides is 2. The standard InChI is InChI=1S/C13H22N2O3/c16-12(17)9-11-5-8-15(10-11)13(18)14-6-3-1-2-4-7-14/h11H,1-10H2,(H,16,17). The van der Waals surface area contributed by atoms with E-state index in [1.54, 1.807) is 0 Å². The summed E-state index contributed by atoms with van der Waals surface area (Å²) in [6.07, 6.45) is 5.63. The molecule has 0 bridgehead atoms. The van der Waals surface area contributed by atoms with Crippen molar-refractivity contribution in [1.82, 2.24) is 9.80 Å². The lowest BCUT2D eigenvalue weighted by Gasteiger charge is -2.26. The minimum Gasteiger partial charge on any atom is -0.481 e. The first-order chi connectivity index (χ1) is 8.66. The zero-order valence-corrected chi connectivity index (χ0v) is 10.8. The average molecular weight is 254 g/mol. The molecule has 1 N–H and O–H groups in total. The van der Waals surface area contributed by atoms with Crippen molar-refractivity contribution in [2.24, 2.45) is 5.92 Å². The number of likely N-dealkylation sites (tertiary alicyclic amines) is 2. The largest absolute Gasteiger partial charge is 0.481 e. The summed E-state index contributed by atoms with van der Waals surface area (Å²) >= 11 is 0. The molecule has 1 unspecified atom stereocenters. The zero-order valence-electron chi connectivity index (χ0n) is 10.8. The smallest absolute Gasteiger partial charge is 0.320 e. The molecule has 2 aliphatic rings. The number of urea groups is 1. The Morgan fingerprint density at radius 1 is 1.00 bits per heavy atom. The number of carbonyl (C=O) groups is 2. The van der Waals surface area contributed by atoms with E-state index >= 15 is 0 Å². The fourth-order valence-electron chi connectivity index (χ4n) is 2.88. The first kappa shape index (κ1) is 13.2. The molecule has 18 heavy (non-hydrogen) atoms. The lowest BCUT2D eigenvalue weighted by molar-refractivity contribution is -0.138. The molecule has 0 aromatic carbocycles. The van der Waals surface area contributed by atoms with Crippen LogP contribution < -0.4 is 0 Å². The highest BCUT2D eigenvalue weighted by Crippen LogP contribution is 2.21. The summed E-state index contributed by atoms with van der Waals surface area (Å²) in [4.78, 5) is 26.7. The maximum atomic E-state index is 12.3. The fourth-order valence-corrected chi connectivity index (χ4v) is 2.88. The number of hydrogen-bond acceptors (Lipinski definition) is 2. The normalized spacial score (nSPS) is 25.0. The van der Waals surface area contributed by atoms with E-state index in [0.717, 1.165) is 32.4 Å². The molecule has 0 aliphatic carbocycles. The van der Waals surface area contributed by atoms with Gasteiger partial charge in [0, 0.05) is 32.6 Å². The first-order valence-electron chi connectivity index (χ1n) is 6.92. The van der Waals surface area contributed by atoms with Gasteiger partial charge < -0.3 is 14.9 Å². The van der Waals surface area contributed by atoms with Gasteiger partial charge in [0.1, 0.15) is 0 Å². The molecule has 5 nitrogen and oxygen atoms in total. The molecule has 2 rings (SSSR count). The molecule has 0 radical (unpaired) electrons. The predicted octanol–water partition coefficient (Wildman–Crippen LogP) is 1.78. The summed E-state index contributed by atoms with van der Waals surface area (Å²) in [5.41, 5.74) is 0. The minimum atomic E-state index is -0.760. The number of rotatable bonds is 2. The fraction of sp³-hybridized carbons (Fsp3) is 0.846. The highest BCUT2D eigenvalue weighted by Gasteiger charge is 2.30. The van der Waals surface area contributed by atoms with Gasteiger partial charge in [0.05, 0.1) is 0 Å². The second-order valence-electron chi connectivity index (χ2n) is 5.38. The van der Waals surface area contributed by atoms with Gasteiger partial charge in [-0.05, 0) is 25.2 Å². The van der Waals surface area contributed by atoms with Gasteiger partial charge in [-0.15, -0.1) is 0 Å². The van der Waals surface area contributed by atoms with Crippen LogP contribution in [-0.2, 0) is 4.79 Å². The predicted molar refractivity (Wildman–Crippen MR) is 67.4 cm³/mol. The summed E-state index contributed by atoms with van der Waals surface area (Å²) in [6, 6.07) is 0.116. The van der Waals surface area contributed by atoms with Crippen LogP contribution in [0, 0.1) is 5.92 Å². The number of aliphatic carboxylic acids is 1. The van der Waals surface area contributed by atoms with Crippen molar-refractivity contribution < 1.29 is 14.7 Å².